The van der Waals surface area contributed by atoms with E-state index in [0.717, 1.165) is 24.8 Å². The topological polar surface area (TPSA) is 81.3 Å². The van der Waals surface area contributed by atoms with Gasteiger partial charge in [0.15, 0.2) is 5.16 Å². The molecule has 148 valence electrons. The van der Waals surface area contributed by atoms with Crippen LogP contribution in [0.1, 0.15) is 40.0 Å². The number of carbonyl (C=O) groups is 1. The smallest absolute Gasteiger partial charge is 0.262 e. The number of fused-ring (bicyclic) bond motifs is 3. The van der Waals surface area contributed by atoms with Crippen molar-refractivity contribution < 1.29 is 4.79 Å². The summed E-state index contributed by atoms with van der Waals surface area (Å²) in [5.74, 6) is 1.02. The molecule has 1 saturated carbocycles. The van der Waals surface area contributed by atoms with Gasteiger partial charge in [-0.15, -0.1) is 10.2 Å². The Morgan fingerprint density at radius 1 is 1.25 bits per heavy atom. The molecule has 28 heavy (non-hydrogen) atoms. The lowest BCUT2D eigenvalue weighted by molar-refractivity contribution is -0.120. The predicted octanol–water partition coefficient (Wildman–Crippen LogP) is 2.85. The molecule has 2 heterocycles. The third kappa shape index (κ3) is 3.65. The number of nitrogens with zero attached hydrogens (tertiary/aromatic N) is 4. The van der Waals surface area contributed by atoms with E-state index in [-0.39, 0.29) is 16.7 Å². The van der Waals surface area contributed by atoms with Crippen molar-refractivity contribution in [2.75, 3.05) is 0 Å². The van der Waals surface area contributed by atoms with Gasteiger partial charge in [-0.3, -0.25) is 18.6 Å². The van der Waals surface area contributed by atoms with Crippen LogP contribution in [0.3, 0.4) is 0 Å². The summed E-state index contributed by atoms with van der Waals surface area (Å²) in [5.41, 5.74) is 0.720. The van der Waals surface area contributed by atoms with Crippen LogP contribution in [-0.4, -0.2) is 36.4 Å². The quantitative estimate of drug-likeness (QED) is 0.618. The Bertz CT molecular complexity index is 1080. The highest BCUT2D eigenvalue weighted by Gasteiger charge is 2.27. The van der Waals surface area contributed by atoms with Crippen LogP contribution in [0.2, 0.25) is 0 Å². The molecule has 1 fully saturated rings. The van der Waals surface area contributed by atoms with Crippen molar-refractivity contribution >= 4 is 34.3 Å². The van der Waals surface area contributed by atoms with Crippen molar-refractivity contribution in [3.63, 3.8) is 0 Å². The Morgan fingerprint density at radius 2 is 2.00 bits per heavy atom. The Labute approximate surface area is 167 Å². The summed E-state index contributed by atoms with van der Waals surface area (Å²) in [5, 5.41) is 12.6. The molecule has 0 aliphatic heterocycles. The van der Waals surface area contributed by atoms with Gasteiger partial charge in [-0.1, -0.05) is 37.7 Å². The maximum Gasteiger partial charge on any atom is 0.262 e. The van der Waals surface area contributed by atoms with Crippen LogP contribution in [0.25, 0.3) is 16.7 Å². The lowest BCUT2D eigenvalue weighted by Crippen LogP contribution is -2.32. The summed E-state index contributed by atoms with van der Waals surface area (Å²) < 4.78 is 3.61. The molecule has 1 amide bonds. The number of aryl methyl sites for hydroxylation is 1. The van der Waals surface area contributed by atoms with Gasteiger partial charge < -0.3 is 5.32 Å². The molecule has 1 aromatic carbocycles. The first-order valence-corrected chi connectivity index (χ1v) is 10.7. The first kappa shape index (κ1) is 19.0. The van der Waals surface area contributed by atoms with Crippen LogP contribution < -0.4 is 10.9 Å². The Balaban J connectivity index is 1.78. The van der Waals surface area contributed by atoms with Crippen molar-refractivity contribution in [1.29, 1.82) is 0 Å². The van der Waals surface area contributed by atoms with Crippen molar-refractivity contribution in [1.82, 2.24) is 24.5 Å². The summed E-state index contributed by atoms with van der Waals surface area (Å²) in [4.78, 5) is 25.4. The zero-order valence-corrected chi connectivity index (χ0v) is 17.2. The Hall–Kier alpha value is -2.35. The van der Waals surface area contributed by atoms with Crippen LogP contribution in [0.5, 0.6) is 0 Å². The third-order valence-electron chi connectivity index (χ3n) is 4.98. The number of thioether (sulfide) groups is 1. The number of nitrogens with one attached hydrogen (secondary N) is 1. The highest BCUT2D eigenvalue weighted by molar-refractivity contribution is 8.00. The molecule has 0 radical (unpaired) electrons. The van der Waals surface area contributed by atoms with Gasteiger partial charge >= 0.3 is 0 Å². The monoisotopic (exact) mass is 399 g/mol. The first-order valence-electron chi connectivity index (χ1n) is 9.79. The maximum atomic E-state index is 13.0. The molecule has 8 heteroatoms. The van der Waals surface area contributed by atoms with Crippen molar-refractivity contribution in [3.05, 3.63) is 34.6 Å². The van der Waals surface area contributed by atoms with Gasteiger partial charge in [0.25, 0.3) is 5.56 Å². The number of aromatic nitrogens is 4. The number of hydrogen-bond acceptors (Lipinski definition) is 5. The SMILES string of the molecule is CC(C)CCn1c(=O)c2ccccc2n2c(SC(C)C(=O)NC3CC3)nnc12. The minimum Gasteiger partial charge on any atom is -0.352 e. The Kier molecular flexibility index (Phi) is 5.14. The number of rotatable bonds is 7. The van der Waals surface area contributed by atoms with Crippen LogP contribution in [0, 0.1) is 5.92 Å². The van der Waals surface area contributed by atoms with Crippen LogP contribution in [0.15, 0.2) is 34.2 Å². The first-order chi connectivity index (χ1) is 13.5. The molecule has 0 spiro atoms. The summed E-state index contributed by atoms with van der Waals surface area (Å²) in [6.45, 7) is 6.73. The number of amides is 1. The highest BCUT2D eigenvalue weighted by atomic mass is 32.2. The molecule has 1 aliphatic carbocycles. The normalized spacial score (nSPS) is 15.4. The number of hydrogen-bond donors (Lipinski definition) is 1. The van der Waals surface area contributed by atoms with Crippen molar-refractivity contribution in [3.8, 4) is 0 Å². The molecule has 1 atom stereocenters. The van der Waals surface area contributed by atoms with Gasteiger partial charge in [-0.25, -0.2) is 0 Å². The third-order valence-corrected chi connectivity index (χ3v) is 6.03. The number of carbonyl (C=O) groups excluding carboxylic acids is 1. The molecule has 1 N–H and O–H groups in total. The standard InChI is InChI=1S/C20H25N5O2S/c1-12(2)10-11-24-18(27)15-6-4-5-7-16(15)25-19(24)22-23-20(25)28-13(3)17(26)21-14-8-9-14/h4-7,12-14H,8-11H2,1-3H3,(H,21,26). The minimum absolute atomic E-state index is 0.0154. The predicted molar refractivity (Wildman–Crippen MR) is 111 cm³/mol. The van der Waals surface area contributed by atoms with Gasteiger partial charge in [-0.2, -0.15) is 0 Å². The average molecular weight is 400 g/mol. The summed E-state index contributed by atoms with van der Waals surface area (Å²) >= 11 is 1.37. The van der Waals surface area contributed by atoms with E-state index in [1.54, 1.807) is 4.57 Å². The number of para-hydroxylation sites is 1. The summed E-state index contributed by atoms with van der Waals surface area (Å²) in [6, 6.07) is 7.83. The molecule has 1 unspecified atom stereocenters. The second-order valence-corrected chi connectivity index (χ2v) is 9.13. The fourth-order valence-electron chi connectivity index (χ4n) is 3.16. The molecule has 0 bridgehead atoms. The molecule has 2 aromatic heterocycles. The van der Waals surface area contributed by atoms with Gasteiger partial charge in [0.1, 0.15) is 0 Å². The van der Waals surface area contributed by atoms with E-state index in [0.29, 0.717) is 34.8 Å². The van der Waals surface area contributed by atoms with E-state index in [9.17, 15) is 9.59 Å². The maximum absolute atomic E-state index is 13.0. The van der Waals surface area contributed by atoms with Crippen molar-refractivity contribution in [2.45, 2.75) is 63.0 Å². The van der Waals surface area contributed by atoms with Crippen LogP contribution >= 0.6 is 11.8 Å². The minimum atomic E-state index is -0.289. The molecular formula is C20H25N5O2S. The molecule has 0 saturated heterocycles. The summed E-state index contributed by atoms with van der Waals surface area (Å²) in [7, 11) is 0. The second-order valence-electron chi connectivity index (χ2n) is 7.82. The number of benzene rings is 1. The molecular weight excluding hydrogens is 374 g/mol. The fraction of sp³-hybridized carbons (Fsp3) is 0.500. The molecule has 4 rings (SSSR count). The highest BCUT2D eigenvalue weighted by Crippen LogP contribution is 2.26. The van der Waals surface area contributed by atoms with Crippen LogP contribution in [-0.2, 0) is 11.3 Å². The van der Waals surface area contributed by atoms with E-state index in [1.165, 1.54) is 11.8 Å². The van der Waals surface area contributed by atoms with Gasteiger partial charge in [0.05, 0.1) is 16.2 Å². The van der Waals surface area contributed by atoms with Gasteiger partial charge in [0.2, 0.25) is 11.7 Å². The van der Waals surface area contributed by atoms with Gasteiger partial charge in [0, 0.05) is 12.6 Å². The zero-order chi connectivity index (χ0) is 19.8. The molecule has 7 nitrogen and oxygen atoms in total. The van der Waals surface area contributed by atoms with E-state index in [4.69, 9.17) is 0 Å². The molecule has 3 aromatic rings. The lowest BCUT2D eigenvalue weighted by atomic mass is 10.1. The van der Waals surface area contributed by atoms with E-state index < -0.39 is 0 Å². The summed E-state index contributed by atoms with van der Waals surface area (Å²) in [6.07, 6.45) is 3.00. The second kappa shape index (κ2) is 7.58. The van der Waals surface area contributed by atoms with E-state index >= 15 is 0 Å². The van der Waals surface area contributed by atoms with E-state index in [2.05, 4.69) is 29.4 Å². The fourth-order valence-corrected chi connectivity index (χ4v) is 4.02. The van der Waals surface area contributed by atoms with Gasteiger partial charge in [-0.05, 0) is 44.2 Å². The van der Waals surface area contributed by atoms with Crippen LogP contribution in [0.4, 0.5) is 0 Å². The lowest BCUT2D eigenvalue weighted by Gasteiger charge is -2.13. The van der Waals surface area contributed by atoms with E-state index in [1.807, 2.05) is 35.6 Å². The van der Waals surface area contributed by atoms with Crippen molar-refractivity contribution in [2.24, 2.45) is 5.92 Å². The zero-order valence-electron chi connectivity index (χ0n) is 16.4. The molecule has 1 aliphatic rings. The average Bonchev–Trinajstić information content (AvgIpc) is 3.39. The Morgan fingerprint density at radius 3 is 2.71 bits per heavy atom. The largest absolute Gasteiger partial charge is 0.352 e.